The van der Waals surface area contributed by atoms with Crippen LogP contribution in [0.5, 0.6) is 0 Å². The van der Waals surface area contributed by atoms with Crippen LogP contribution in [0.2, 0.25) is 0 Å². The fourth-order valence-electron chi connectivity index (χ4n) is 1.49. The van der Waals surface area contributed by atoms with E-state index < -0.39 is 6.04 Å². The second kappa shape index (κ2) is 5.66. The van der Waals surface area contributed by atoms with Crippen LogP contribution >= 0.6 is 11.3 Å². The zero-order chi connectivity index (χ0) is 14.0. The van der Waals surface area contributed by atoms with Gasteiger partial charge in [0, 0.05) is 11.4 Å². The molecule has 0 bridgehead atoms. The van der Waals surface area contributed by atoms with Gasteiger partial charge in [0.2, 0.25) is 5.91 Å². The van der Waals surface area contributed by atoms with Crippen molar-refractivity contribution in [1.82, 2.24) is 15.6 Å². The molecule has 0 aliphatic heterocycles. The predicted molar refractivity (Wildman–Crippen MR) is 72.8 cm³/mol. The lowest BCUT2D eigenvalue weighted by molar-refractivity contribution is -0.122. The summed E-state index contributed by atoms with van der Waals surface area (Å²) in [6.07, 6.45) is 2.05. The standard InChI is InChI=1S/C12H18N4O2S/c1-6(13)12-16-9(5-19-12)11(18)14-7(2)10(17)15-8-3-4-8/h5-8H,3-4,13H2,1-2H3,(H,14,18)(H,15,17). The van der Waals surface area contributed by atoms with Gasteiger partial charge < -0.3 is 16.4 Å². The molecule has 104 valence electrons. The molecule has 1 heterocycles. The quantitative estimate of drug-likeness (QED) is 0.735. The summed E-state index contributed by atoms with van der Waals surface area (Å²) in [5, 5.41) is 7.84. The number of hydrogen-bond donors (Lipinski definition) is 3. The van der Waals surface area contributed by atoms with Gasteiger partial charge in [0.1, 0.15) is 16.7 Å². The molecule has 2 amide bonds. The number of nitrogens with one attached hydrogen (secondary N) is 2. The van der Waals surface area contributed by atoms with Crippen LogP contribution in [0.4, 0.5) is 0 Å². The molecule has 1 aromatic heterocycles. The van der Waals surface area contributed by atoms with Crippen LogP contribution < -0.4 is 16.4 Å². The first kappa shape index (κ1) is 14.0. The van der Waals surface area contributed by atoms with E-state index in [2.05, 4.69) is 15.6 Å². The first-order valence-electron chi connectivity index (χ1n) is 6.29. The Balaban J connectivity index is 1.89. The van der Waals surface area contributed by atoms with Crippen LogP contribution in [0.1, 0.15) is 48.2 Å². The van der Waals surface area contributed by atoms with E-state index in [1.54, 1.807) is 12.3 Å². The van der Waals surface area contributed by atoms with Gasteiger partial charge in [-0.3, -0.25) is 9.59 Å². The van der Waals surface area contributed by atoms with Crippen molar-refractivity contribution in [2.24, 2.45) is 5.73 Å². The topological polar surface area (TPSA) is 97.1 Å². The minimum absolute atomic E-state index is 0.154. The Morgan fingerprint density at radius 3 is 2.68 bits per heavy atom. The largest absolute Gasteiger partial charge is 0.352 e. The van der Waals surface area contributed by atoms with Crippen LogP contribution in [0.3, 0.4) is 0 Å². The normalized spacial score (nSPS) is 17.6. The first-order chi connectivity index (χ1) is 8.97. The summed E-state index contributed by atoms with van der Waals surface area (Å²) in [7, 11) is 0. The number of amides is 2. The molecular formula is C12H18N4O2S. The molecule has 0 radical (unpaired) electrons. The van der Waals surface area contributed by atoms with Crippen LogP contribution in [0.25, 0.3) is 0 Å². The van der Waals surface area contributed by atoms with E-state index in [9.17, 15) is 9.59 Å². The van der Waals surface area contributed by atoms with Gasteiger partial charge in [-0.1, -0.05) is 0 Å². The number of carbonyl (C=O) groups excluding carboxylic acids is 2. The highest BCUT2D eigenvalue weighted by atomic mass is 32.1. The van der Waals surface area contributed by atoms with Gasteiger partial charge in [0.15, 0.2) is 0 Å². The van der Waals surface area contributed by atoms with Gasteiger partial charge in [-0.05, 0) is 26.7 Å². The second-order valence-electron chi connectivity index (χ2n) is 4.84. The summed E-state index contributed by atoms with van der Waals surface area (Å²) in [5.41, 5.74) is 6.00. The lowest BCUT2D eigenvalue weighted by atomic mass is 10.3. The highest BCUT2D eigenvalue weighted by Gasteiger charge is 2.26. The summed E-state index contributed by atoms with van der Waals surface area (Å²) in [6, 6.07) is -0.466. The smallest absolute Gasteiger partial charge is 0.271 e. The summed E-state index contributed by atoms with van der Waals surface area (Å²) < 4.78 is 0. The monoisotopic (exact) mass is 282 g/mol. The molecule has 0 saturated heterocycles. The number of carbonyl (C=O) groups is 2. The van der Waals surface area contributed by atoms with E-state index in [-0.39, 0.29) is 23.9 Å². The molecule has 2 atom stereocenters. The van der Waals surface area contributed by atoms with Crippen molar-refractivity contribution >= 4 is 23.2 Å². The highest BCUT2D eigenvalue weighted by molar-refractivity contribution is 7.09. The molecule has 0 spiro atoms. The third kappa shape index (κ3) is 3.74. The molecule has 7 heteroatoms. The van der Waals surface area contributed by atoms with E-state index in [1.807, 2.05) is 6.92 Å². The highest BCUT2D eigenvalue weighted by Crippen LogP contribution is 2.18. The molecule has 19 heavy (non-hydrogen) atoms. The summed E-state index contributed by atoms with van der Waals surface area (Å²) in [4.78, 5) is 27.8. The number of hydrogen-bond acceptors (Lipinski definition) is 5. The van der Waals surface area contributed by atoms with Crippen molar-refractivity contribution in [1.29, 1.82) is 0 Å². The van der Waals surface area contributed by atoms with Crippen molar-refractivity contribution in [2.75, 3.05) is 0 Å². The summed E-state index contributed by atoms with van der Waals surface area (Å²) in [6.45, 7) is 3.47. The van der Waals surface area contributed by atoms with Crippen molar-refractivity contribution in [3.05, 3.63) is 16.1 Å². The minimum atomic E-state index is -0.562. The molecule has 4 N–H and O–H groups in total. The van der Waals surface area contributed by atoms with Crippen molar-refractivity contribution in [2.45, 2.75) is 44.8 Å². The zero-order valence-electron chi connectivity index (χ0n) is 11.0. The van der Waals surface area contributed by atoms with Crippen molar-refractivity contribution in [3.63, 3.8) is 0 Å². The van der Waals surface area contributed by atoms with E-state index in [4.69, 9.17) is 5.73 Å². The molecule has 2 rings (SSSR count). The van der Waals surface area contributed by atoms with Gasteiger partial charge in [-0.2, -0.15) is 0 Å². The van der Waals surface area contributed by atoms with Crippen LogP contribution in [0, 0.1) is 0 Å². The van der Waals surface area contributed by atoms with Crippen LogP contribution in [-0.4, -0.2) is 28.9 Å². The molecule has 1 aromatic rings. The summed E-state index contributed by atoms with van der Waals surface area (Å²) in [5.74, 6) is -0.500. The Hall–Kier alpha value is -1.47. The second-order valence-corrected chi connectivity index (χ2v) is 5.73. The molecule has 1 saturated carbocycles. The zero-order valence-corrected chi connectivity index (χ0v) is 11.8. The van der Waals surface area contributed by atoms with E-state index >= 15 is 0 Å². The molecule has 1 aliphatic carbocycles. The number of thiazole rings is 1. The van der Waals surface area contributed by atoms with Gasteiger partial charge in [-0.25, -0.2) is 4.98 Å². The fourth-order valence-corrected chi connectivity index (χ4v) is 2.25. The van der Waals surface area contributed by atoms with Crippen molar-refractivity contribution < 1.29 is 9.59 Å². The molecule has 6 nitrogen and oxygen atoms in total. The minimum Gasteiger partial charge on any atom is -0.352 e. The van der Waals surface area contributed by atoms with Crippen LogP contribution in [0.15, 0.2) is 5.38 Å². The number of nitrogens with zero attached hydrogens (tertiary/aromatic N) is 1. The van der Waals surface area contributed by atoms with E-state index in [0.29, 0.717) is 10.7 Å². The Bertz CT molecular complexity index is 482. The Morgan fingerprint density at radius 1 is 1.47 bits per heavy atom. The molecule has 1 aliphatic rings. The SMILES string of the molecule is CC(NC(=O)c1csc(C(C)N)n1)C(=O)NC1CC1. The number of nitrogens with two attached hydrogens (primary N) is 1. The lowest BCUT2D eigenvalue weighted by Crippen LogP contribution is -2.45. The lowest BCUT2D eigenvalue weighted by Gasteiger charge is -2.12. The maximum Gasteiger partial charge on any atom is 0.271 e. The van der Waals surface area contributed by atoms with Gasteiger partial charge in [-0.15, -0.1) is 11.3 Å². The van der Waals surface area contributed by atoms with Gasteiger partial charge >= 0.3 is 0 Å². The number of aromatic nitrogens is 1. The third-order valence-electron chi connectivity index (χ3n) is 2.81. The average molecular weight is 282 g/mol. The number of rotatable bonds is 5. The van der Waals surface area contributed by atoms with Gasteiger partial charge in [0.25, 0.3) is 5.91 Å². The van der Waals surface area contributed by atoms with Crippen molar-refractivity contribution in [3.8, 4) is 0 Å². The van der Waals surface area contributed by atoms with Crippen LogP contribution in [-0.2, 0) is 4.79 Å². The maximum atomic E-state index is 11.9. The Kier molecular flexibility index (Phi) is 4.16. The van der Waals surface area contributed by atoms with E-state index in [1.165, 1.54) is 11.3 Å². The molecular weight excluding hydrogens is 264 g/mol. The third-order valence-corrected chi connectivity index (χ3v) is 3.85. The molecule has 1 fully saturated rings. The van der Waals surface area contributed by atoms with E-state index in [0.717, 1.165) is 12.8 Å². The fraction of sp³-hybridized carbons (Fsp3) is 0.583. The molecule has 2 unspecified atom stereocenters. The maximum absolute atomic E-state index is 11.9. The summed E-state index contributed by atoms with van der Waals surface area (Å²) >= 11 is 1.34. The first-order valence-corrected chi connectivity index (χ1v) is 7.17. The molecule has 0 aromatic carbocycles. The Labute approximate surface area is 115 Å². The van der Waals surface area contributed by atoms with Gasteiger partial charge in [0.05, 0.1) is 6.04 Å². The Morgan fingerprint density at radius 2 is 2.16 bits per heavy atom. The predicted octanol–water partition coefficient (Wildman–Crippen LogP) is 0.560. The average Bonchev–Trinajstić information content (AvgIpc) is 3.01.